The summed E-state index contributed by atoms with van der Waals surface area (Å²) in [5.41, 5.74) is 3.95. The third kappa shape index (κ3) is 5.46. The number of hydrogen-bond donors (Lipinski definition) is 2. The van der Waals surface area contributed by atoms with Crippen molar-refractivity contribution < 1.29 is 19.2 Å². The number of imide groups is 1. The highest BCUT2D eigenvalue weighted by molar-refractivity contribution is 6.19. The van der Waals surface area contributed by atoms with Gasteiger partial charge in [-0.15, -0.1) is 0 Å². The molecule has 0 bridgehead atoms. The molecular weight excluding hydrogens is 454 g/mol. The van der Waals surface area contributed by atoms with E-state index in [-0.39, 0.29) is 11.5 Å². The van der Waals surface area contributed by atoms with Gasteiger partial charge in [0.25, 0.3) is 11.8 Å². The molecule has 1 fully saturated rings. The number of hydrogen-bond acceptors (Lipinski definition) is 5. The number of nitrogens with one attached hydrogen (secondary N) is 2. The number of anilines is 1. The highest BCUT2D eigenvalue weighted by Crippen LogP contribution is 2.31. The zero-order chi connectivity index (χ0) is 26.0. The lowest BCUT2D eigenvalue weighted by atomic mass is 9.79. The molecule has 186 valence electrons. The number of aryl methyl sites for hydroxylation is 1. The molecule has 36 heavy (non-hydrogen) atoms. The van der Waals surface area contributed by atoms with E-state index in [2.05, 4.69) is 17.2 Å². The summed E-state index contributed by atoms with van der Waals surface area (Å²) in [7, 11) is 0. The van der Waals surface area contributed by atoms with Crippen molar-refractivity contribution in [2.45, 2.75) is 57.9 Å². The van der Waals surface area contributed by atoms with Gasteiger partial charge in [-0.3, -0.25) is 24.1 Å². The van der Waals surface area contributed by atoms with Crippen molar-refractivity contribution in [1.82, 2.24) is 10.2 Å². The molecule has 1 saturated heterocycles. The Morgan fingerprint density at radius 2 is 1.89 bits per heavy atom. The smallest absolute Gasteiger partial charge is 0.278 e. The summed E-state index contributed by atoms with van der Waals surface area (Å²) in [4.78, 5) is 51.8. The fraction of sp³-hybridized carbons (Fsp3) is 0.310. The van der Waals surface area contributed by atoms with Gasteiger partial charge in [-0.05, 0) is 48.4 Å². The first-order chi connectivity index (χ1) is 17.0. The van der Waals surface area contributed by atoms with Gasteiger partial charge in [-0.2, -0.15) is 0 Å². The second kappa shape index (κ2) is 9.93. The van der Waals surface area contributed by atoms with E-state index in [9.17, 15) is 19.2 Å². The van der Waals surface area contributed by atoms with Gasteiger partial charge in [0.1, 0.15) is 17.5 Å². The molecule has 2 aromatic rings. The monoisotopic (exact) mass is 485 g/mol. The highest BCUT2D eigenvalue weighted by atomic mass is 16.2. The van der Waals surface area contributed by atoms with E-state index in [0.29, 0.717) is 37.1 Å². The van der Waals surface area contributed by atoms with E-state index in [1.807, 2.05) is 63.2 Å². The minimum atomic E-state index is -0.851. The van der Waals surface area contributed by atoms with Crippen LogP contribution in [-0.4, -0.2) is 34.4 Å². The molecule has 2 heterocycles. The summed E-state index contributed by atoms with van der Waals surface area (Å²) >= 11 is 0. The van der Waals surface area contributed by atoms with Gasteiger partial charge in [-0.1, -0.05) is 62.4 Å². The normalized spacial score (nSPS) is 18.2. The van der Waals surface area contributed by atoms with Crippen molar-refractivity contribution in [3.63, 3.8) is 0 Å². The Bertz CT molecular complexity index is 1290. The van der Waals surface area contributed by atoms with Gasteiger partial charge in [0.2, 0.25) is 5.91 Å². The van der Waals surface area contributed by atoms with E-state index in [0.717, 1.165) is 21.6 Å². The largest absolute Gasteiger partial charge is 0.351 e. The van der Waals surface area contributed by atoms with Crippen LogP contribution in [0.15, 0.2) is 72.6 Å². The standard InChI is InChI=1S/C29H31N3O4/c1-18-7-5-8-20(13-18)14-23(33)17-29(3,4)21-9-6-10-22(15-21)31-24-16-26(34)32(28(24)36)25-12-11-19(2)30-27(25)35/h5-10,13,15-16,25,31H,2,11-12,14,17H2,1,3-4H3,(H,30,35). The number of piperidine rings is 1. The van der Waals surface area contributed by atoms with Gasteiger partial charge >= 0.3 is 0 Å². The van der Waals surface area contributed by atoms with Crippen molar-refractivity contribution in [3.8, 4) is 0 Å². The summed E-state index contributed by atoms with van der Waals surface area (Å²) < 4.78 is 0. The van der Waals surface area contributed by atoms with Gasteiger partial charge in [0.05, 0.1) is 0 Å². The molecule has 3 amide bonds. The Morgan fingerprint density at radius 3 is 2.61 bits per heavy atom. The van der Waals surface area contributed by atoms with Crippen LogP contribution in [0.2, 0.25) is 0 Å². The van der Waals surface area contributed by atoms with Crippen molar-refractivity contribution in [2.24, 2.45) is 0 Å². The molecule has 7 heteroatoms. The maximum Gasteiger partial charge on any atom is 0.278 e. The van der Waals surface area contributed by atoms with E-state index in [1.54, 1.807) is 6.07 Å². The number of Topliss-reactive ketones (excluding diaryl/α,β-unsaturated/α-hetero) is 1. The van der Waals surface area contributed by atoms with Crippen LogP contribution in [0.25, 0.3) is 0 Å². The summed E-state index contributed by atoms with van der Waals surface area (Å²) in [5, 5.41) is 5.66. The fourth-order valence-corrected chi connectivity index (χ4v) is 4.76. The summed E-state index contributed by atoms with van der Waals surface area (Å²) in [6.07, 6.45) is 2.83. The molecule has 2 aliphatic rings. The Hall–Kier alpha value is -4.00. The molecule has 2 aromatic carbocycles. The summed E-state index contributed by atoms with van der Waals surface area (Å²) in [6.45, 7) is 9.78. The van der Waals surface area contributed by atoms with E-state index < -0.39 is 29.2 Å². The quantitative estimate of drug-likeness (QED) is 0.553. The lowest BCUT2D eigenvalue weighted by molar-refractivity contribution is -0.146. The number of amides is 3. The molecule has 1 atom stereocenters. The molecule has 0 saturated carbocycles. The number of carbonyl (C=O) groups is 4. The molecule has 0 radical (unpaired) electrons. The van der Waals surface area contributed by atoms with Gasteiger partial charge in [-0.25, -0.2) is 0 Å². The first-order valence-electron chi connectivity index (χ1n) is 12.1. The van der Waals surface area contributed by atoms with Crippen LogP contribution >= 0.6 is 0 Å². The second-order valence-corrected chi connectivity index (χ2v) is 10.2. The SMILES string of the molecule is C=C1CCC(N2C(=O)C=C(Nc3cccc(C(C)(C)CC(=O)Cc4cccc(C)c4)c3)C2=O)C(=O)N1. The third-order valence-corrected chi connectivity index (χ3v) is 6.63. The van der Waals surface area contributed by atoms with Crippen molar-refractivity contribution >= 4 is 29.2 Å². The Morgan fingerprint density at radius 1 is 1.14 bits per heavy atom. The van der Waals surface area contributed by atoms with Crippen molar-refractivity contribution in [1.29, 1.82) is 0 Å². The maximum absolute atomic E-state index is 13.0. The fourth-order valence-electron chi connectivity index (χ4n) is 4.76. The first kappa shape index (κ1) is 25.1. The average Bonchev–Trinajstić information content (AvgIpc) is 3.06. The number of allylic oxidation sites excluding steroid dienone is 1. The van der Waals surface area contributed by atoms with Crippen LogP contribution < -0.4 is 10.6 Å². The second-order valence-electron chi connectivity index (χ2n) is 10.2. The molecule has 2 aliphatic heterocycles. The highest BCUT2D eigenvalue weighted by Gasteiger charge is 2.41. The van der Waals surface area contributed by atoms with Crippen molar-refractivity contribution in [3.05, 3.63) is 89.3 Å². The number of benzene rings is 2. The molecule has 1 unspecified atom stereocenters. The predicted molar refractivity (Wildman–Crippen MR) is 138 cm³/mol. The molecule has 0 aromatic heterocycles. The van der Waals surface area contributed by atoms with E-state index in [1.165, 1.54) is 6.08 Å². The van der Waals surface area contributed by atoms with Gasteiger partial charge in [0, 0.05) is 30.3 Å². The Labute approximate surface area is 211 Å². The van der Waals surface area contributed by atoms with Gasteiger partial charge in [0.15, 0.2) is 0 Å². The lowest BCUT2D eigenvalue weighted by Gasteiger charge is -2.30. The maximum atomic E-state index is 13.0. The van der Waals surface area contributed by atoms with Gasteiger partial charge < -0.3 is 10.6 Å². The third-order valence-electron chi connectivity index (χ3n) is 6.63. The average molecular weight is 486 g/mol. The van der Waals surface area contributed by atoms with Crippen LogP contribution in [0.3, 0.4) is 0 Å². The Kier molecular flexibility index (Phi) is 6.93. The minimum absolute atomic E-state index is 0.114. The topological polar surface area (TPSA) is 95.6 Å². The summed E-state index contributed by atoms with van der Waals surface area (Å²) in [5.74, 6) is -1.31. The zero-order valence-corrected chi connectivity index (χ0v) is 20.9. The predicted octanol–water partition coefficient (Wildman–Crippen LogP) is 3.93. The molecular formula is C29H31N3O4. The molecule has 0 aliphatic carbocycles. The summed E-state index contributed by atoms with van der Waals surface area (Å²) in [6, 6.07) is 14.6. The zero-order valence-electron chi connectivity index (χ0n) is 20.9. The molecule has 2 N–H and O–H groups in total. The molecule has 0 spiro atoms. The first-order valence-corrected chi connectivity index (χ1v) is 12.1. The lowest BCUT2D eigenvalue weighted by Crippen LogP contribution is -2.52. The van der Waals surface area contributed by atoms with Crippen LogP contribution in [0.5, 0.6) is 0 Å². The Balaban J connectivity index is 1.44. The van der Waals surface area contributed by atoms with E-state index in [4.69, 9.17) is 0 Å². The minimum Gasteiger partial charge on any atom is -0.351 e. The number of carbonyl (C=O) groups excluding carboxylic acids is 4. The van der Waals surface area contributed by atoms with Crippen LogP contribution in [0, 0.1) is 6.92 Å². The number of nitrogens with zero attached hydrogens (tertiary/aromatic N) is 1. The molecule has 7 nitrogen and oxygen atoms in total. The van der Waals surface area contributed by atoms with E-state index >= 15 is 0 Å². The number of rotatable bonds is 8. The van der Waals surface area contributed by atoms with Crippen LogP contribution in [0.4, 0.5) is 5.69 Å². The number of ketones is 1. The van der Waals surface area contributed by atoms with Crippen LogP contribution in [0.1, 0.15) is 49.8 Å². The molecule has 4 rings (SSSR count). The van der Waals surface area contributed by atoms with Crippen molar-refractivity contribution in [2.75, 3.05) is 5.32 Å². The van der Waals surface area contributed by atoms with Crippen LogP contribution in [-0.2, 0) is 31.0 Å².